The Morgan fingerprint density at radius 1 is 1.15 bits per heavy atom. The van der Waals surface area contributed by atoms with Crippen LogP contribution in [0.4, 0.5) is 5.69 Å². The Balaban J connectivity index is 1.45. The van der Waals surface area contributed by atoms with Crippen molar-refractivity contribution in [2.75, 3.05) is 38.7 Å². The Morgan fingerprint density at radius 3 is 2.37 bits per heavy atom. The normalized spacial score (nSPS) is 25.3. The third-order valence-corrected chi connectivity index (χ3v) is 5.95. The highest BCUT2D eigenvalue weighted by atomic mass is 16.5. The van der Waals surface area contributed by atoms with Crippen molar-refractivity contribution in [1.82, 2.24) is 4.90 Å². The lowest BCUT2D eigenvalue weighted by atomic mass is 9.92. The monoisotopic (exact) mass is 374 g/mol. The summed E-state index contributed by atoms with van der Waals surface area (Å²) in [6.07, 6.45) is 5.01. The number of nitrogens with zero attached hydrogens (tertiary/aromatic N) is 1. The first-order chi connectivity index (χ1) is 13.0. The lowest BCUT2D eigenvalue weighted by Gasteiger charge is -2.34. The molecule has 1 aromatic carbocycles. The summed E-state index contributed by atoms with van der Waals surface area (Å²) in [6.45, 7) is 8.65. The van der Waals surface area contributed by atoms with Crippen molar-refractivity contribution in [3.63, 3.8) is 0 Å². The molecule has 1 aliphatic carbocycles. The fraction of sp³-hybridized carbons (Fsp3) is 0.682. The van der Waals surface area contributed by atoms with E-state index in [-0.39, 0.29) is 5.91 Å². The van der Waals surface area contributed by atoms with Gasteiger partial charge in [-0.05, 0) is 68.2 Å². The molecule has 3 rings (SSSR count). The van der Waals surface area contributed by atoms with Crippen LogP contribution in [-0.2, 0) is 9.53 Å². The number of ether oxygens (including phenoxy) is 2. The second-order valence-electron chi connectivity index (χ2n) is 8.44. The second-order valence-corrected chi connectivity index (χ2v) is 8.44. The van der Waals surface area contributed by atoms with Gasteiger partial charge in [0.1, 0.15) is 18.0 Å². The number of methoxy groups -OCH3 is 1. The van der Waals surface area contributed by atoms with Crippen LogP contribution in [0, 0.1) is 11.8 Å². The molecule has 0 unspecified atom stereocenters. The minimum Gasteiger partial charge on any atom is -0.492 e. The standard InChI is InChI=1S/C22H34N2O3/c1-17-14-18(2)16-24(15-17)12-13-27-20-8-6-19(7-9-20)23-21(25)22(26-3)10-4-5-11-22/h6-9,17-18H,4-5,10-16H2,1-3H3,(H,23,25)/t17-,18-/m0/s1. The van der Waals surface area contributed by atoms with Crippen molar-refractivity contribution in [1.29, 1.82) is 0 Å². The van der Waals surface area contributed by atoms with Gasteiger partial charge < -0.3 is 14.8 Å². The number of carbonyl (C=O) groups is 1. The second kappa shape index (κ2) is 9.07. The lowest BCUT2D eigenvalue weighted by molar-refractivity contribution is -0.136. The molecule has 1 saturated heterocycles. The van der Waals surface area contributed by atoms with Crippen LogP contribution in [-0.4, -0.2) is 49.8 Å². The van der Waals surface area contributed by atoms with Crippen molar-refractivity contribution >= 4 is 11.6 Å². The Labute approximate surface area is 163 Å². The zero-order valence-electron chi connectivity index (χ0n) is 17.0. The summed E-state index contributed by atoms with van der Waals surface area (Å²) in [4.78, 5) is 15.1. The smallest absolute Gasteiger partial charge is 0.256 e. The summed E-state index contributed by atoms with van der Waals surface area (Å²) in [5.41, 5.74) is 0.132. The molecule has 2 atom stereocenters. The Kier molecular flexibility index (Phi) is 6.77. The molecule has 1 N–H and O–H groups in total. The van der Waals surface area contributed by atoms with Crippen molar-refractivity contribution in [3.8, 4) is 5.75 Å². The number of nitrogens with one attached hydrogen (secondary N) is 1. The van der Waals surface area contributed by atoms with E-state index in [1.807, 2.05) is 24.3 Å². The van der Waals surface area contributed by atoms with Crippen molar-refractivity contribution < 1.29 is 14.3 Å². The van der Waals surface area contributed by atoms with E-state index in [1.165, 1.54) is 19.5 Å². The minimum absolute atomic E-state index is 0.0375. The third kappa shape index (κ3) is 5.23. The molecule has 0 radical (unpaired) electrons. The van der Waals surface area contributed by atoms with E-state index in [4.69, 9.17) is 9.47 Å². The molecule has 0 aromatic heterocycles. The predicted molar refractivity (Wildman–Crippen MR) is 108 cm³/mol. The zero-order chi connectivity index (χ0) is 19.3. The van der Waals surface area contributed by atoms with E-state index in [2.05, 4.69) is 24.1 Å². The highest BCUT2D eigenvalue weighted by Crippen LogP contribution is 2.34. The molecule has 0 bridgehead atoms. The van der Waals surface area contributed by atoms with Crippen molar-refractivity contribution in [2.45, 2.75) is 51.6 Å². The van der Waals surface area contributed by atoms with Crippen LogP contribution >= 0.6 is 0 Å². The number of anilines is 1. The Morgan fingerprint density at radius 2 is 1.78 bits per heavy atom. The maximum Gasteiger partial charge on any atom is 0.256 e. The molecular formula is C22H34N2O3. The molecule has 1 heterocycles. The molecule has 0 spiro atoms. The summed E-state index contributed by atoms with van der Waals surface area (Å²) in [5.74, 6) is 2.34. The first-order valence-corrected chi connectivity index (χ1v) is 10.3. The molecule has 2 fully saturated rings. The number of piperidine rings is 1. The van der Waals surface area contributed by atoms with Gasteiger partial charge in [0.15, 0.2) is 0 Å². The van der Waals surface area contributed by atoms with E-state index in [0.29, 0.717) is 6.61 Å². The van der Waals surface area contributed by atoms with Crippen LogP contribution in [0.3, 0.4) is 0 Å². The summed E-state index contributed by atoms with van der Waals surface area (Å²) in [5, 5.41) is 2.99. The maximum absolute atomic E-state index is 12.6. The van der Waals surface area contributed by atoms with Gasteiger partial charge in [-0.25, -0.2) is 0 Å². The van der Waals surface area contributed by atoms with E-state index in [1.54, 1.807) is 7.11 Å². The van der Waals surface area contributed by atoms with Crippen LogP contribution in [0.25, 0.3) is 0 Å². The fourth-order valence-electron chi connectivity index (χ4n) is 4.62. The van der Waals surface area contributed by atoms with Crippen LogP contribution in [0.1, 0.15) is 46.0 Å². The molecule has 27 heavy (non-hydrogen) atoms. The van der Waals surface area contributed by atoms with Gasteiger partial charge >= 0.3 is 0 Å². The molecule has 1 aliphatic heterocycles. The molecule has 1 amide bonds. The number of hydrogen-bond donors (Lipinski definition) is 1. The number of rotatable bonds is 7. The minimum atomic E-state index is -0.655. The quantitative estimate of drug-likeness (QED) is 0.785. The van der Waals surface area contributed by atoms with Gasteiger partial charge in [-0.1, -0.05) is 13.8 Å². The van der Waals surface area contributed by atoms with Crippen LogP contribution in [0.2, 0.25) is 0 Å². The van der Waals surface area contributed by atoms with Gasteiger partial charge in [0, 0.05) is 32.4 Å². The summed E-state index contributed by atoms with van der Waals surface area (Å²) >= 11 is 0. The first-order valence-electron chi connectivity index (χ1n) is 10.3. The molecule has 150 valence electrons. The fourth-order valence-corrected chi connectivity index (χ4v) is 4.62. The van der Waals surface area contributed by atoms with E-state index >= 15 is 0 Å². The first kappa shape index (κ1) is 20.2. The van der Waals surface area contributed by atoms with Gasteiger partial charge in [0.05, 0.1) is 0 Å². The van der Waals surface area contributed by atoms with Gasteiger partial charge in [-0.15, -0.1) is 0 Å². The van der Waals surface area contributed by atoms with Gasteiger partial charge in [-0.2, -0.15) is 0 Å². The van der Waals surface area contributed by atoms with Crippen molar-refractivity contribution in [3.05, 3.63) is 24.3 Å². The molecular weight excluding hydrogens is 340 g/mol. The highest BCUT2D eigenvalue weighted by molar-refractivity contribution is 5.97. The molecule has 5 heteroatoms. The topological polar surface area (TPSA) is 50.8 Å². The number of hydrogen-bond acceptors (Lipinski definition) is 4. The molecule has 1 aromatic rings. The van der Waals surface area contributed by atoms with Crippen LogP contribution in [0.15, 0.2) is 24.3 Å². The average molecular weight is 375 g/mol. The van der Waals surface area contributed by atoms with E-state index < -0.39 is 5.60 Å². The average Bonchev–Trinajstić information content (AvgIpc) is 3.13. The van der Waals surface area contributed by atoms with Gasteiger partial charge in [-0.3, -0.25) is 9.69 Å². The molecule has 2 aliphatic rings. The number of benzene rings is 1. The largest absolute Gasteiger partial charge is 0.492 e. The SMILES string of the molecule is COC1(C(=O)Nc2ccc(OCCN3C[C@@H](C)C[C@H](C)C3)cc2)CCCC1. The molecule has 1 saturated carbocycles. The predicted octanol–water partition coefficient (Wildman–Crippen LogP) is 3.94. The summed E-state index contributed by atoms with van der Waals surface area (Å²) in [7, 11) is 1.63. The zero-order valence-corrected chi connectivity index (χ0v) is 17.0. The van der Waals surface area contributed by atoms with E-state index in [0.717, 1.165) is 55.5 Å². The lowest BCUT2D eigenvalue weighted by Crippen LogP contribution is -2.42. The summed E-state index contributed by atoms with van der Waals surface area (Å²) in [6, 6.07) is 7.64. The third-order valence-electron chi connectivity index (χ3n) is 5.95. The van der Waals surface area contributed by atoms with Crippen molar-refractivity contribution in [2.24, 2.45) is 11.8 Å². The van der Waals surface area contributed by atoms with Gasteiger partial charge in [0.2, 0.25) is 0 Å². The Hall–Kier alpha value is -1.59. The highest BCUT2D eigenvalue weighted by Gasteiger charge is 2.41. The van der Waals surface area contributed by atoms with E-state index in [9.17, 15) is 4.79 Å². The van der Waals surface area contributed by atoms with Crippen LogP contribution in [0.5, 0.6) is 5.75 Å². The van der Waals surface area contributed by atoms with Crippen LogP contribution < -0.4 is 10.1 Å². The number of carbonyl (C=O) groups excluding carboxylic acids is 1. The summed E-state index contributed by atoms with van der Waals surface area (Å²) < 4.78 is 11.4. The Bertz CT molecular complexity index is 600. The number of likely N-dealkylation sites (tertiary alicyclic amines) is 1. The molecule has 5 nitrogen and oxygen atoms in total. The number of amides is 1. The maximum atomic E-state index is 12.6. The van der Waals surface area contributed by atoms with Gasteiger partial charge in [0.25, 0.3) is 5.91 Å².